The molecular formula is C22H34Br2O4. The molecule has 4 aliphatic rings. The molecule has 160 valence electrons. The molecule has 1 heterocycles. The van der Waals surface area contributed by atoms with Gasteiger partial charge in [0.2, 0.25) is 0 Å². The third-order valence-corrected chi connectivity index (χ3v) is 11.5. The van der Waals surface area contributed by atoms with Gasteiger partial charge in [-0.25, -0.2) is 0 Å². The van der Waals surface area contributed by atoms with Crippen LogP contribution in [0.3, 0.4) is 0 Å². The van der Waals surface area contributed by atoms with Gasteiger partial charge in [-0.15, -0.1) is 0 Å². The molecule has 1 N–H and O–H groups in total. The van der Waals surface area contributed by atoms with Gasteiger partial charge < -0.3 is 14.6 Å². The summed E-state index contributed by atoms with van der Waals surface area (Å²) in [4.78, 5) is 12.8. The van der Waals surface area contributed by atoms with Crippen molar-refractivity contribution in [2.45, 2.75) is 106 Å². The van der Waals surface area contributed by atoms with Crippen molar-refractivity contribution >= 4 is 37.8 Å². The highest BCUT2D eigenvalue weighted by molar-refractivity contribution is 9.09. The first kappa shape index (κ1) is 21.6. The van der Waals surface area contributed by atoms with Crippen molar-refractivity contribution in [3.8, 4) is 0 Å². The molecule has 3 aliphatic carbocycles. The Hall–Kier alpha value is 0.350. The van der Waals surface area contributed by atoms with Crippen LogP contribution in [0.5, 0.6) is 0 Å². The van der Waals surface area contributed by atoms with Crippen LogP contribution in [0.15, 0.2) is 0 Å². The first-order chi connectivity index (χ1) is 12.9. The fourth-order valence-corrected chi connectivity index (χ4v) is 8.86. The van der Waals surface area contributed by atoms with Gasteiger partial charge in [-0.2, -0.15) is 0 Å². The zero-order chi connectivity index (χ0) is 20.5. The van der Waals surface area contributed by atoms with Gasteiger partial charge in [0, 0.05) is 27.9 Å². The molecule has 0 unspecified atom stereocenters. The SMILES string of the molecule is CC(=O)O[C@]1(C[C@@H]2CC[C@@]34[C@@H](Br)CC[C@@](C)(O[C@@H]3O)[C@@H]24)CC[C@H](Br)C(C)(C)C1. The van der Waals surface area contributed by atoms with Crippen molar-refractivity contribution in [3.63, 3.8) is 0 Å². The highest BCUT2D eigenvalue weighted by Gasteiger charge is 2.71. The van der Waals surface area contributed by atoms with E-state index in [0.717, 1.165) is 51.4 Å². The van der Waals surface area contributed by atoms with E-state index in [9.17, 15) is 9.90 Å². The minimum atomic E-state index is -0.696. The molecule has 0 aromatic carbocycles. The molecule has 6 heteroatoms. The van der Waals surface area contributed by atoms with E-state index in [4.69, 9.17) is 9.47 Å². The summed E-state index contributed by atoms with van der Waals surface area (Å²) >= 11 is 7.75. The second kappa shape index (κ2) is 6.93. The molecule has 0 aromatic heterocycles. The maximum absolute atomic E-state index is 12.1. The van der Waals surface area contributed by atoms with E-state index in [0.29, 0.717) is 21.5 Å². The number of hydrogen-bond donors (Lipinski definition) is 1. The lowest BCUT2D eigenvalue weighted by Crippen LogP contribution is -2.52. The van der Waals surface area contributed by atoms with Gasteiger partial charge in [-0.1, -0.05) is 45.7 Å². The molecule has 1 aliphatic heterocycles. The largest absolute Gasteiger partial charge is 0.459 e. The molecule has 8 atom stereocenters. The minimum Gasteiger partial charge on any atom is -0.459 e. The van der Waals surface area contributed by atoms with Gasteiger partial charge in [0.25, 0.3) is 0 Å². The monoisotopic (exact) mass is 520 g/mol. The molecule has 4 fully saturated rings. The average molecular weight is 522 g/mol. The van der Waals surface area contributed by atoms with Crippen LogP contribution in [0, 0.1) is 22.7 Å². The summed E-state index contributed by atoms with van der Waals surface area (Å²) in [5.41, 5.74) is -0.801. The lowest BCUT2D eigenvalue weighted by atomic mass is 9.59. The molecule has 3 saturated carbocycles. The summed E-state index contributed by atoms with van der Waals surface area (Å²) in [7, 11) is 0. The number of esters is 1. The fourth-order valence-electron chi connectivity index (χ4n) is 7.50. The molecule has 0 amide bonds. The third-order valence-electron chi connectivity index (χ3n) is 8.45. The minimum absolute atomic E-state index is 0.0768. The molecule has 28 heavy (non-hydrogen) atoms. The maximum atomic E-state index is 12.1. The Morgan fingerprint density at radius 3 is 2.43 bits per heavy atom. The van der Waals surface area contributed by atoms with Crippen molar-refractivity contribution < 1.29 is 19.4 Å². The second-order valence-corrected chi connectivity index (χ2v) is 13.0. The van der Waals surface area contributed by atoms with Crippen molar-refractivity contribution in [2.75, 3.05) is 0 Å². The highest BCUT2D eigenvalue weighted by Crippen LogP contribution is 2.69. The van der Waals surface area contributed by atoms with Gasteiger partial charge in [-0.05, 0) is 69.6 Å². The third kappa shape index (κ3) is 3.15. The van der Waals surface area contributed by atoms with Crippen LogP contribution in [-0.2, 0) is 14.3 Å². The number of hydrogen-bond acceptors (Lipinski definition) is 4. The average Bonchev–Trinajstić information content (AvgIpc) is 3.03. The van der Waals surface area contributed by atoms with Gasteiger partial charge in [0.15, 0.2) is 6.29 Å². The zero-order valence-corrected chi connectivity index (χ0v) is 20.6. The number of carbonyl (C=O) groups is 1. The van der Waals surface area contributed by atoms with Crippen molar-refractivity contribution in [3.05, 3.63) is 0 Å². The number of halogens is 2. The summed E-state index contributed by atoms with van der Waals surface area (Å²) in [5.74, 6) is 0.541. The van der Waals surface area contributed by atoms with Crippen LogP contribution < -0.4 is 0 Å². The number of aliphatic hydroxyl groups is 1. The fraction of sp³-hybridized carbons (Fsp3) is 0.955. The number of carbonyl (C=O) groups excluding carboxylic acids is 1. The Labute approximate surface area is 185 Å². The maximum Gasteiger partial charge on any atom is 0.303 e. The quantitative estimate of drug-likeness (QED) is 0.403. The number of aliphatic hydroxyl groups excluding tert-OH is 1. The van der Waals surface area contributed by atoms with Gasteiger partial charge in [-0.3, -0.25) is 4.79 Å². The van der Waals surface area contributed by atoms with Crippen molar-refractivity contribution in [1.82, 2.24) is 0 Å². The lowest BCUT2D eigenvalue weighted by molar-refractivity contribution is -0.170. The Bertz CT molecular complexity index is 654. The Morgan fingerprint density at radius 2 is 1.79 bits per heavy atom. The topological polar surface area (TPSA) is 55.8 Å². The highest BCUT2D eigenvalue weighted by atomic mass is 79.9. The van der Waals surface area contributed by atoms with Gasteiger partial charge >= 0.3 is 5.97 Å². The lowest BCUT2D eigenvalue weighted by Gasteiger charge is -2.50. The molecule has 4 rings (SSSR count). The normalized spacial score (nSPS) is 52.3. The van der Waals surface area contributed by atoms with Gasteiger partial charge in [0.05, 0.1) is 5.60 Å². The van der Waals surface area contributed by atoms with Crippen LogP contribution in [0.1, 0.15) is 79.1 Å². The summed E-state index contributed by atoms with van der Waals surface area (Å²) in [6.07, 6.45) is 7.05. The van der Waals surface area contributed by atoms with Crippen molar-refractivity contribution in [1.29, 1.82) is 0 Å². The van der Waals surface area contributed by atoms with Crippen LogP contribution in [0.4, 0.5) is 0 Å². The first-order valence-electron chi connectivity index (χ1n) is 10.8. The number of ether oxygens (including phenoxy) is 2. The molecule has 0 spiro atoms. The molecule has 2 bridgehead atoms. The van der Waals surface area contributed by atoms with Crippen LogP contribution in [-0.4, -0.2) is 38.2 Å². The van der Waals surface area contributed by atoms with Crippen molar-refractivity contribution in [2.24, 2.45) is 22.7 Å². The molecule has 0 aromatic rings. The summed E-state index contributed by atoms with van der Waals surface area (Å²) in [6.45, 7) is 8.27. The molecule has 1 saturated heterocycles. The van der Waals surface area contributed by atoms with E-state index >= 15 is 0 Å². The number of alkyl halides is 2. The second-order valence-electron chi connectivity index (χ2n) is 10.8. The standard InChI is InChI=1S/C22H34Br2O4/c1-13(25)27-21(9-7-15(23)19(2,3)12-21)11-14-5-10-22-16(24)6-8-20(4,17(14)22)28-18(22)26/h14-18,26H,5-12H2,1-4H3/t14-,15-,16-,17+,18-,20+,21-,22-/m0/s1. The number of rotatable bonds is 3. The molecule has 0 radical (unpaired) electrons. The predicted octanol–water partition coefficient (Wildman–Crippen LogP) is 5.33. The predicted molar refractivity (Wildman–Crippen MR) is 116 cm³/mol. The molecule has 4 nitrogen and oxygen atoms in total. The van der Waals surface area contributed by atoms with Crippen LogP contribution in [0.25, 0.3) is 0 Å². The van der Waals surface area contributed by atoms with Crippen LogP contribution in [0.2, 0.25) is 0 Å². The smallest absolute Gasteiger partial charge is 0.303 e. The van der Waals surface area contributed by atoms with Gasteiger partial charge in [0.1, 0.15) is 5.60 Å². The zero-order valence-electron chi connectivity index (χ0n) is 17.5. The Kier molecular flexibility index (Phi) is 5.34. The summed E-state index contributed by atoms with van der Waals surface area (Å²) < 4.78 is 12.3. The summed E-state index contributed by atoms with van der Waals surface area (Å²) in [6, 6.07) is 0. The Morgan fingerprint density at radius 1 is 1.11 bits per heavy atom. The van der Waals surface area contributed by atoms with E-state index in [1.54, 1.807) is 0 Å². The Balaban J connectivity index is 1.64. The first-order valence-corrected chi connectivity index (χ1v) is 12.6. The van der Waals surface area contributed by atoms with E-state index in [1.807, 2.05) is 0 Å². The van der Waals surface area contributed by atoms with E-state index < -0.39 is 11.9 Å². The van der Waals surface area contributed by atoms with E-state index in [-0.39, 0.29) is 22.4 Å². The van der Waals surface area contributed by atoms with Crippen LogP contribution >= 0.6 is 31.9 Å². The molecular weight excluding hydrogens is 488 g/mol. The van der Waals surface area contributed by atoms with E-state index in [1.165, 1.54) is 6.92 Å². The summed E-state index contributed by atoms with van der Waals surface area (Å²) in [5, 5.41) is 10.9. The van der Waals surface area contributed by atoms with E-state index in [2.05, 4.69) is 52.6 Å².